The molecule has 2 aromatic rings. The van der Waals surface area contributed by atoms with Crippen LogP contribution in [0.3, 0.4) is 0 Å². The van der Waals surface area contributed by atoms with Gasteiger partial charge >= 0.3 is 5.97 Å². The number of ether oxygens (including phenoxy) is 1. The lowest BCUT2D eigenvalue weighted by Crippen LogP contribution is -2.07. The monoisotopic (exact) mass is 232 g/mol. The molecule has 5 heteroatoms. The first-order chi connectivity index (χ1) is 8.13. The van der Waals surface area contributed by atoms with E-state index in [4.69, 9.17) is 9.84 Å². The first-order valence-corrected chi connectivity index (χ1v) is 5.07. The predicted octanol–water partition coefficient (Wildman–Crippen LogP) is 1.89. The van der Waals surface area contributed by atoms with Crippen molar-refractivity contribution in [2.75, 3.05) is 7.11 Å². The minimum atomic E-state index is -0.990. The summed E-state index contributed by atoms with van der Waals surface area (Å²) in [6.07, 6.45) is 0. The number of rotatable bonds is 3. The fraction of sp³-hybridized carbons (Fsp3) is 0.167. The molecule has 2 rings (SSSR count). The highest BCUT2D eigenvalue weighted by atomic mass is 16.5. The molecule has 0 atom stereocenters. The van der Waals surface area contributed by atoms with Crippen LogP contribution in [-0.4, -0.2) is 28.0 Å². The maximum atomic E-state index is 11.1. The summed E-state index contributed by atoms with van der Waals surface area (Å²) >= 11 is 0. The third-order valence-electron chi connectivity index (χ3n) is 2.37. The number of nitrogens with zero attached hydrogens (tertiary/aromatic N) is 2. The largest absolute Gasteiger partial charge is 0.481 e. The molecule has 0 aliphatic heterocycles. The van der Waals surface area contributed by atoms with Gasteiger partial charge < -0.3 is 9.84 Å². The minimum absolute atomic E-state index is 0.189. The lowest BCUT2D eigenvalue weighted by atomic mass is 10.2. The summed E-state index contributed by atoms with van der Waals surface area (Å²) in [4.78, 5) is 11.1. The number of benzene rings is 1. The van der Waals surface area contributed by atoms with Crippen molar-refractivity contribution >= 4 is 5.97 Å². The number of aryl methyl sites for hydroxylation is 1. The third-order valence-corrected chi connectivity index (χ3v) is 2.37. The van der Waals surface area contributed by atoms with Crippen LogP contribution in [0.25, 0.3) is 5.69 Å². The molecule has 1 N–H and O–H groups in total. The van der Waals surface area contributed by atoms with Crippen molar-refractivity contribution in [1.82, 2.24) is 9.78 Å². The Kier molecular flexibility index (Phi) is 2.82. The zero-order valence-electron chi connectivity index (χ0n) is 9.54. The van der Waals surface area contributed by atoms with Gasteiger partial charge in [-0.05, 0) is 19.1 Å². The second kappa shape index (κ2) is 4.29. The Bertz CT molecular complexity index is 561. The smallest absolute Gasteiger partial charge is 0.337 e. The van der Waals surface area contributed by atoms with Gasteiger partial charge in [-0.1, -0.05) is 12.1 Å². The molecule has 0 radical (unpaired) electrons. The highest BCUT2D eigenvalue weighted by Crippen LogP contribution is 2.21. The Morgan fingerprint density at radius 2 is 2.12 bits per heavy atom. The first kappa shape index (κ1) is 11.2. The lowest BCUT2D eigenvalue weighted by Gasteiger charge is -2.08. The average Bonchev–Trinajstić information content (AvgIpc) is 2.70. The highest BCUT2D eigenvalue weighted by Gasteiger charge is 2.15. The quantitative estimate of drug-likeness (QED) is 0.877. The summed E-state index contributed by atoms with van der Waals surface area (Å²) in [7, 11) is 1.52. The van der Waals surface area contributed by atoms with Gasteiger partial charge in [0.25, 0.3) is 0 Å². The minimum Gasteiger partial charge on any atom is -0.481 e. The molecule has 0 saturated carbocycles. The standard InChI is InChI=1S/C12H12N2O3/c1-8-7-11(17-2)14(13-8)10-6-4-3-5-9(10)12(15)16/h3-7H,1-2H3,(H,15,16). The molecule has 17 heavy (non-hydrogen) atoms. The molecule has 0 amide bonds. The molecular weight excluding hydrogens is 220 g/mol. The highest BCUT2D eigenvalue weighted by molar-refractivity contribution is 5.91. The molecule has 0 aliphatic rings. The summed E-state index contributed by atoms with van der Waals surface area (Å²) in [6.45, 7) is 1.82. The number of carbonyl (C=O) groups is 1. The van der Waals surface area contributed by atoms with Crippen molar-refractivity contribution in [3.05, 3.63) is 41.6 Å². The molecule has 0 aliphatic carbocycles. The van der Waals surface area contributed by atoms with Crippen LogP contribution in [-0.2, 0) is 0 Å². The van der Waals surface area contributed by atoms with E-state index in [0.717, 1.165) is 5.69 Å². The van der Waals surface area contributed by atoms with Gasteiger partial charge in [-0.15, -0.1) is 0 Å². The number of aromatic carboxylic acids is 1. The maximum Gasteiger partial charge on any atom is 0.337 e. The molecule has 0 spiro atoms. The molecule has 0 fully saturated rings. The number of para-hydroxylation sites is 1. The van der Waals surface area contributed by atoms with E-state index in [-0.39, 0.29) is 5.56 Å². The van der Waals surface area contributed by atoms with Crippen LogP contribution in [0.4, 0.5) is 0 Å². The van der Waals surface area contributed by atoms with Crippen LogP contribution < -0.4 is 4.74 Å². The fourth-order valence-corrected chi connectivity index (χ4v) is 1.63. The predicted molar refractivity (Wildman–Crippen MR) is 61.8 cm³/mol. The van der Waals surface area contributed by atoms with Crippen LogP contribution in [0.2, 0.25) is 0 Å². The van der Waals surface area contributed by atoms with Crippen molar-refractivity contribution in [2.24, 2.45) is 0 Å². The van der Waals surface area contributed by atoms with E-state index in [1.807, 2.05) is 6.92 Å². The summed E-state index contributed by atoms with van der Waals surface area (Å²) in [5.41, 5.74) is 1.45. The van der Waals surface area contributed by atoms with E-state index in [1.165, 1.54) is 17.9 Å². The van der Waals surface area contributed by atoms with E-state index in [9.17, 15) is 4.79 Å². The molecular formula is C12H12N2O3. The second-order valence-electron chi connectivity index (χ2n) is 3.56. The molecule has 1 aromatic carbocycles. The van der Waals surface area contributed by atoms with Crippen molar-refractivity contribution < 1.29 is 14.6 Å². The van der Waals surface area contributed by atoms with E-state index >= 15 is 0 Å². The molecule has 0 saturated heterocycles. The summed E-state index contributed by atoms with van der Waals surface area (Å²) < 4.78 is 6.65. The molecule has 1 aromatic heterocycles. The van der Waals surface area contributed by atoms with Gasteiger partial charge in [0.2, 0.25) is 5.88 Å². The zero-order valence-corrected chi connectivity index (χ0v) is 9.54. The summed E-state index contributed by atoms with van der Waals surface area (Å²) in [6, 6.07) is 8.42. The number of methoxy groups -OCH3 is 1. The van der Waals surface area contributed by atoms with E-state index in [2.05, 4.69) is 5.10 Å². The SMILES string of the molecule is COc1cc(C)nn1-c1ccccc1C(=O)O. The number of carboxylic acids is 1. The van der Waals surface area contributed by atoms with Gasteiger partial charge in [-0.2, -0.15) is 9.78 Å². The maximum absolute atomic E-state index is 11.1. The van der Waals surface area contributed by atoms with Crippen molar-refractivity contribution in [2.45, 2.75) is 6.92 Å². The Hall–Kier alpha value is -2.30. The third kappa shape index (κ3) is 1.99. The normalized spacial score (nSPS) is 10.2. The Balaban J connectivity index is 2.63. The van der Waals surface area contributed by atoms with Crippen molar-refractivity contribution in [3.63, 3.8) is 0 Å². The number of hydrogen-bond acceptors (Lipinski definition) is 3. The van der Waals surface area contributed by atoms with E-state index < -0.39 is 5.97 Å². The van der Waals surface area contributed by atoms with Crippen molar-refractivity contribution in [3.8, 4) is 11.6 Å². The lowest BCUT2D eigenvalue weighted by molar-refractivity contribution is 0.0696. The summed E-state index contributed by atoms with van der Waals surface area (Å²) in [5.74, 6) is -0.480. The van der Waals surface area contributed by atoms with E-state index in [0.29, 0.717) is 11.6 Å². The topological polar surface area (TPSA) is 64.4 Å². The van der Waals surface area contributed by atoms with Gasteiger partial charge in [-0.25, -0.2) is 4.79 Å². The summed E-state index contributed by atoms with van der Waals surface area (Å²) in [5, 5.41) is 13.3. The molecule has 5 nitrogen and oxygen atoms in total. The Morgan fingerprint density at radius 3 is 2.76 bits per heavy atom. The van der Waals surface area contributed by atoms with Crippen molar-refractivity contribution in [1.29, 1.82) is 0 Å². The molecule has 0 unspecified atom stereocenters. The molecule has 0 bridgehead atoms. The molecule has 1 heterocycles. The van der Waals surface area contributed by atoms with Gasteiger partial charge in [0.05, 0.1) is 24.1 Å². The van der Waals surface area contributed by atoms with Gasteiger partial charge in [-0.3, -0.25) is 0 Å². The number of aromatic nitrogens is 2. The fourth-order valence-electron chi connectivity index (χ4n) is 1.63. The molecule has 88 valence electrons. The Labute approximate surface area is 98.3 Å². The average molecular weight is 232 g/mol. The van der Waals surface area contributed by atoms with Crippen LogP contribution >= 0.6 is 0 Å². The second-order valence-corrected chi connectivity index (χ2v) is 3.56. The van der Waals surface area contributed by atoms with Crippen LogP contribution in [0.15, 0.2) is 30.3 Å². The van der Waals surface area contributed by atoms with E-state index in [1.54, 1.807) is 24.3 Å². The first-order valence-electron chi connectivity index (χ1n) is 5.07. The van der Waals surface area contributed by atoms with Gasteiger partial charge in [0.1, 0.15) is 0 Å². The van der Waals surface area contributed by atoms with Gasteiger partial charge in [0.15, 0.2) is 0 Å². The Morgan fingerprint density at radius 1 is 1.41 bits per heavy atom. The number of carboxylic acid groups (broad SMARTS) is 1. The van der Waals surface area contributed by atoms with Crippen LogP contribution in [0.1, 0.15) is 16.1 Å². The zero-order chi connectivity index (χ0) is 12.4. The number of hydrogen-bond donors (Lipinski definition) is 1. The van der Waals surface area contributed by atoms with Crippen LogP contribution in [0.5, 0.6) is 5.88 Å². The van der Waals surface area contributed by atoms with Gasteiger partial charge in [0, 0.05) is 6.07 Å². The van der Waals surface area contributed by atoms with Crippen LogP contribution in [0, 0.1) is 6.92 Å².